The summed E-state index contributed by atoms with van der Waals surface area (Å²) in [5, 5.41) is 0.673. The molecule has 2 heterocycles. The molecule has 0 fully saturated rings. The second-order valence-electron chi connectivity index (χ2n) is 6.68. The van der Waals surface area contributed by atoms with E-state index in [-0.39, 0.29) is 21.7 Å². The number of carbonyl (C=O) groups excluding carboxylic acids is 1. The molecule has 4 aromatic rings. The molecule has 2 N–H and O–H groups in total. The van der Waals surface area contributed by atoms with Crippen molar-refractivity contribution >= 4 is 44.6 Å². The van der Waals surface area contributed by atoms with Gasteiger partial charge in [-0.1, -0.05) is 41.4 Å². The summed E-state index contributed by atoms with van der Waals surface area (Å²) in [6, 6.07) is 13.7. The Kier molecular flexibility index (Phi) is 4.64. The van der Waals surface area contributed by atoms with E-state index < -0.39 is 11.2 Å². The molecule has 0 bridgehead atoms. The summed E-state index contributed by atoms with van der Waals surface area (Å²) in [6.45, 7) is 1.93. The zero-order chi connectivity index (χ0) is 20.9. The minimum Gasteiger partial charge on any atom is -0.397 e. The van der Waals surface area contributed by atoms with Crippen LogP contribution in [0.15, 0.2) is 58.1 Å². The first-order chi connectivity index (χ1) is 13.8. The third-order valence-electron chi connectivity index (χ3n) is 4.73. The lowest BCUT2D eigenvalue weighted by Crippen LogP contribution is -2.37. The van der Waals surface area contributed by atoms with Crippen LogP contribution in [-0.4, -0.2) is 14.9 Å². The molecule has 0 aliphatic rings. The van der Waals surface area contributed by atoms with Gasteiger partial charge in [-0.25, -0.2) is 4.79 Å². The van der Waals surface area contributed by atoms with Gasteiger partial charge in [0.2, 0.25) is 5.78 Å². The largest absolute Gasteiger partial charge is 0.397 e. The van der Waals surface area contributed by atoms with E-state index in [4.69, 9.17) is 17.3 Å². The number of thiophene rings is 1. The predicted molar refractivity (Wildman–Crippen MR) is 117 cm³/mol. The number of carbonyl (C=O) groups is 1. The van der Waals surface area contributed by atoms with Gasteiger partial charge in [0.1, 0.15) is 9.71 Å². The number of anilines is 1. The van der Waals surface area contributed by atoms with Crippen molar-refractivity contribution in [1.29, 1.82) is 0 Å². The van der Waals surface area contributed by atoms with E-state index in [0.29, 0.717) is 21.1 Å². The van der Waals surface area contributed by atoms with Crippen LogP contribution in [0, 0.1) is 6.92 Å². The monoisotopic (exact) mass is 425 g/mol. The number of rotatable bonds is 3. The number of hydrogen-bond donors (Lipinski definition) is 1. The second kappa shape index (κ2) is 7.02. The molecule has 0 radical (unpaired) electrons. The molecule has 0 saturated heterocycles. The molecular weight excluding hydrogens is 410 g/mol. The molecule has 29 heavy (non-hydrogen) atoms. The molecule has 0 saturated carbocycles. The number of benzene rings is 2. The standard InChI is InChI=1S/C21H16ClN3O3S/c1-11-3-5-12(6-4-11)17(26)18-16(23)15-19(27)24(2)21(28)25(20(15)29-18)14-9-7-13(22)8-10-14/h3-10H,23H2,1-2H3. The van der Waals surface area contributed by atoms with E-state index >= 15 is 0 Å². The smallest absolute Gasteiger partial charge is 0.336 e. The van der Waals surface area contributed by atoms with E-state index in [1.165, 1.54) is 11.6 Å². The van der Waals surface area contributed by atoms with Crippen molar-refractivity contribution in [2.45, 2.75) is 6.92 Å². The van der Waals surface area contributed by atoms with Gasteiger partial charge in [0.05, 0.1) is 16.8 Å². The lowest BCUT2D eigenvalue weighted by atomic mass is 10.1. The molecule has 4 rings (SSSR count). The number of fused-ring (bicyclic) bond motifs is 1. The fourth-order valence-corrected chi connectivity index (χ4v) is 4.43. The summed E-state index contributed by atoms with van der Waals surface area (Å²) in [6.07, 6.45) is 0. The average Bonchev–Trinajstić information content (AvgIpc) is 3.05. The molecule has 0 aliphatic carbocycles. The maximum Gasteiger partial charge on any atom is 0.336 e. The molecule has 0 unspecified atom stereocenters. The Hall–Kier alpha value is -3.16. The zero-order valence-electron chi connectivity index (χ0n) is 15.6. The maximum absolute atomic E-state index is 13.0. The molecule has 2 aromatic heterocycles. The van der Waals surface area contributed by atoms with Crippen LogP contribution in [0.4, 0.5) is 5.69 Å². The Morgan fingerprint density at radius 3 is 2.28 bits per heavy atom. The van der Waals surface area contributed by atoms with Crippen LogP contribution < -0.4 is 17.0 Å². The Bertz CT molecular complexity index is 1380. The number of aromatic nitrogens is 2. The van der Waals surface area contributed by atoms with Crippen LogP contribution in [-0.2, 0) is 7.05 Å². The third kappa shape index (κ3) is 3.08. The normalized spacial score (nSPS) is 11.1. The fraction of sp³-hybridized carbons (Fsp3) is 0.0952. The van der Waals surface area contributed by atoms with Crippen molar-refractivity contribution < 1.29 is 4.79 Å². The molecule has 0 amide bonds. The van der Waals surface area contributed by atoms with E-state index in [2.05, 4.69) is 0 Å². The molecule has 0 atom stereocenters. The number of halogens is 1. The highest BCUT2D eigenvalue weighted by atomic mass is 35.5. The van der Waals surface area contributed by atoms with Gasteiger partial charge in [0.25, 0.3) is 5.56 Å². The van der Waals surface area contributed by atoms with Crippen molar-refractivity contribution in [2.24, 2.45) is 7.05 Å². The summed E-state index contributed by atoms with van der Waals surface area (Å²) in [4.78, 5) is 39.2. The topological polar surface area (TPSA) is 87.1 Å². The Morgan fingerprint density at radius 1 is 1.03 bits per heavy atom. The second-order valence-corrected chi connectivity index (χ2v) is 8.11. The molecule has 146 valence electrons. The molecular formula is C21H16ClN3O3S. The predicted octanol–water partition coefficient (Wildman–Crippen LogP) is 3.53. The highest BCUT2D eigenvalue weighted by Gasteiger charge is 2.24. The van der Waals surface area contributed by atoms with Crippen LogP contribution in [0.5, 0.6) is 0 Å². The van der Waals surface area contributed by atoms with Gasteiger partial charge in [0.15, 0.2) is 0 Å². The van der Waals surface area contributed by atoms with Crippen molar-refractivity contribution in [3.05, 3.63) is 90.4 Å². The highest BCUT2D eigenvalue weighted by Crippen LogP contribution is 2.33. The number of nitrogens with zero attached hydrogens (tertiary/aromatic N) is 2. The van der Waals surface area contributed by atoms with Crippen molar-refractivity contribution in [2.75, 3.05) is 5.73 Å². The van der Waals surface area contributed by atoms with E-state index in [1.807, 2.05) is 19.1 Å². The highest BCUT2D eigenvalue weighted by molar-refractivity contribution is 7.21. The summed E-state index contributed by atoms with van der Waals surface area (Å²) in [5.41, 5.74) is 7.27. The van der Waals surface area contributed by atoms with Gasteiger partial charge >= 0.3 is 5.69 Å². The number of hydrogen-bond acceptors (Lipinski definition) is 5. The van der Waals surface area contributed by atoms with Gasteiger partial charge in [0, 0.05) is 17.6 Å². The van der Waals surface area contributed by atoms with Crippen LogP contribution in [0.2, 0.25) is 5.02 Å². The maximum atomic E-state index is 13.0. The minimum atomic E-state index is -0.535. The fourth-order valence-electron chi connectivity index (χ4n) is 3.11. The van der Waals surface area contributed by atoms with E-state index in [0.717, 1.165) is 21.5 Å². The number of ketones is 1. The third-order valence-corrected chi connectivity index (χ3v) is 6.17. The first-order valence-corrected chi connectivity index (χ1v) is 9.90. The molecule has 0 spiro atoms. The SMILES string of the molecule is Cc1ccc(C(=O)c2sc3c(c2N)c(=O)n(C)c(=O)n3-c2ccc(Cl)cc2)cc1. The van der Waals surface area contributed by atoms with Crippen LogP contribution in [0.25, 0.3) is 15.9 Å². The summed E-state index contributed by atoms with van der Waals surface area (Å²) >= 11 is 6.99. The Labute approximate surface area is 174 Å². The molecule has 8 heteroatoms. The van der Waals surface area contributed by atoms with Gasteiger partial charge < -0.3 is 5.73 Å². The Balaban J connectivity index is 2.03. The molecule has 6 nitrogen and oxygen atoms in total. The molecule has 2 aromatic carbocycles. The van der Waals surface area contributed by atoms with Crippen LogP contribution in [0.3, 0.4) is 0 Å². The van der Waals surface area contributed by atoms with Crippen LogP contribution in [0.1, 0.15) is 20.8 Å². The van der Waals surface area contributed by atoms with Gasteiger partial charge in [-0.15, -0.1) is 11.3 Å². The summed E-state index contributed by atoms with van der Waals surface area (Å²) < 4.78 is 2.36. The first kappa shape index (κ1) is 19.2. The van der Waals surface area contributed by atoms with E-state index in [9.17, 15) is 14.4 Å². The number of nitrogens with two attached hydrogens (primary N) is 1. The minimum absolute atomic E-state index is 0.0823. The van der Waals surface area contributed by atoms with Gasteiger partial charge in [-0.05, 0) is 31.2 Å². The van der Waals surface area contributed by atoms with E-state index in [1.54, 1.807) is 36.4 Å². The van der Waals surface area contributed by atoms with Crippen molar-refractivity contribution in [3.8, 4) is 5.69 Å². The van der Waals surface area contributed by atoms with Gasteiger partial charge in [-0.2, -0.15) is 0 Å². The quantitative estimate of drug-likeness (QED) is 0.509. The van der Waals surface area contributed by atoms with Crippen molar-refractivity contribution in [3.63, 3.8) is 0 Å². The first-order valence-electron chi connectivity index (χ1n) is 8.71. The Morgan fingerprint density at radius 2 is 1.66 bits per heavy atom. The number of aryl methyl sites for hydroxylation is 1. The lowest BCUT2D eigenvalue weighted by Gasteiger charge is -2.09. The average molecular weight is 426 g/mol. The zero-order valence-corrected chi connectivity index (χ0v) is 17.2. The van der Waals surface area contributed by atoms with Crippen LogP contribution >= 0.6 is 22.9 Å². The van der Waals surface area contributed by atoms with Crippen molar-refractivity contribution in [1.82, 2.24) is 9.13 Å². The molecule has 0 aliphatic heterocycles. The summed E-state index contributed by atoms with van der Waals surface area (Å²) in [5.74, 6) is -0.291. The summed E-state index contributed by atoms with van der Waals surface area (Å²) in [7, 11) is 1.38. The lowest BCUT2D eigenvalue weighted by molar-refractivity contribution is 0.104. The number of nitrogen functional groups attached to an aromatic ring is 1. The van der Waals surface area contributed by atoms with Gasteiger partial charge in [-0.3, -0.25) is 18.7 Å².